The topological polar surface area (TPSA) is 57.3 Å². The van der Waals surface area contributed by atoms with E-state index >= 15 is 0 Å². The van der Waals surface area contributed by atoms with E-state index in [9.17, 15) is 4.79 Å². The zero-order chi connectivity index (χ0) is 13.5. The number of hydrogen-bond donors (Lipinski definition) is 2. The van der Waals surface area contributed by atoms with Gasteiger partial charge in [0.1, 0.15) is 0 Å². The van der Waals surface area contributed by atoms with Crippen molar-refractivity contribution in [1.29, 1.82) is 0 Å². The third-order valence-electron chi connectivity index (χ3n) is 3.41. The van der Waals surface area contributed by atoms with Gasteiger partial charge in [0.05, 0.1) is 6.54 Å². The monoisotopic (exact) mass is 282 g/mol. The molecule has 19 heavy (non-hydrogen) atoms. The fourth-order valence-corrected chi connectivity index (χ4v) is 2.94. The third-order valence-corrected chi connectivity index (χ3v) is 4.10. The molecule has 0 aliphatic carbocycles. The lowest BCUT2D eigenvalue weighted by molar-refractivity contribution is -0.117. The lowest BCUT2D eigenvalue weighted by Gasteiger charge is -2.28. The highest BCUT2D eigenvalue weighted by molar-refractivity contribution is 7.13. The van der Waals surface area contributed by atoms with Crippen molar-refractivity contribution >= 4 is 22.4 Å². The zero-order valence-corrected chi connectivity index (χ0v) is 12.2. The highest BCUT2D eigenvalue weighted by atomic mass is 32.1. The molecule has 1 saturated heterocycles. The number of piperidine rings is 1. The fourth-order valence-electron chi connectivity index (χ4n) is 2.40. The molecule has 0 radical (unpaired) electrons. The number of carbonyl (C=O) groups excluding carboxylic acids is 1. The SMILES string of the molecule is CCN(CC(=O)Nc1nccs1)CC1CCCNC1. The summed E-state index contributed by atoms with van der Waals surface area (Å²) in [6.07, 6.45) is 4.21. The van der Waals surface area contributed by atoms with Crippen LogP contribution in [0.25, 0.3) is 0 Å². The van der Waals surface area contributed by atoms with Gasteiger partial charge in [-0.3, -0.25) is 9.69 Å². The summed E-state index contributed by atoms with van der Waals surface area (Å²) in [5.74, 6) is 0.696. The Morgan fingerprint density at radius 3 is 3.21 bits per heavy atom. The van der Waals surface area contributed by atoms with Crippen molar-refractivity contribution in [3.63, 3.8) is 0 Å². The van der Waals surface area contributed by atoms with E-state index in [4.69, 9.17) is 0 Å². The van der Waals surface area contributed by atoms with Gasteiger partial charge in [-0.15, -0.1) is 11.3 Å². The largest absolute Gasteiger partial charge is 0.316 e. The van der Waals surface area contributed by atoms with Crippen LogP contribution < -0.4 is 10.6 Å². The van der Waals surface area contributed by atoms with E-state index in [1.54, 1.807) is 6.20 Å². The minimum Gasteiger partial charge on any atom is -0.316 e. The Bertz CT molecular complexity index is 376. The van der Waals surface area contributed by atoms with Crippen LogP contribution in [0.2, 0.25) is 0 Å². The van der Waals surface area contributed by atoms with Crippen LogP contribution in [0, 0.1) is 5.92 Å². The zero-order valence-electron chi connectivity index (χ0n) is 11.4. The predicted molar refractivity (Wildman–Crippen MR) is 78.5 cm³/mol. The Morgan fingerprint density at radius 2 is 2.58 bits per heavy atom. The fraction of sp³-hybridized carbons (Fsp3) is 0.692. The first kappa shape index (κ1) is 14.4. The maximum atomic E-state index is 11.9. The summed E-state index contributed by atoms with van der Waals surface area (Å²) >= 11 is 1.45. The molecule has 1 aliphatic heterocycles. The number of carbonyl (C=O) groups is 1. The van der Waals surface area contributed by atoms with Gasteiger partial charge in [-0.25, -0.2) is 4.98 Å². The van der Waals surface area contributed by atoms with E-state index < -0.39 is 0 Å². The maximum absolute atomic E-state index is 11.9. The van der Waals surface area contributed by atoms with Crippen LogP contribution in [0.5, 0.6) is 0 Å². The van der Waals surface area contributed by atoms with E-state index in [0.29, 0.717) is 17.6 Å². The number of aromatic nitrogens is 1. The molecule has 1 amide bonds. The number of thiazole rings is 1. The molecule has 2 N–H and O–H groups in total. The summed E-state index contributed by atoms with van der Waals surface area (Å²) < 4.78 is 0. The van der Waals surface area contributed by atoms with Gasteiger partial charge in [0, 0.05) is 18.1 Å². The highest BCUT2D eigenvalue weighted by Gasteiger charge is 2.18. The Kier molecular flexibility index (Phi) is 5.75. The van der Waals surface area contributed by atoms with Gasteiger partial charge >= 0.3 is 0 Å². The molecule has 1 aromatic rings. The lowest BCUT2D eigenvalue weighted by atomic mass is 9.99. The van der Waals surface area contributed by atoms with Crippen LogP contribution in [0.15, 0.2) is 11.6 Å². The van der Waals surface area contributed by atoms with Gasteiger partial charge in [0.2, 0.25) is 5.91 Å². The number of amides is 1. The molecule has 1 atom stereocenters. The summed E-state index contributed by atoms with van der Waals surface area (Å²) in [7, 11) is 0. The molecule has 0 aromatic carbocycles. The van der Waals surface area contributed by atoms with E-state index in [0.717, 1.165) is 26.2 Å². The Hall–Kier alpha value is -0.980. The molecule has 106 valence electrons. The van der Waals surface area contributed by atoms with Crippen LogP contribution in [0.4, 0.5) is 5.13 Å². The van der Waals surface area contributed by atoms with Gasteiger partial charge in [0.25, 0.3) is 0 Å². The molecule has 1 fully saturated rings. The smallest absolute Gasteiger partial charge is 0.240 e. The highest BCUT2D eigenvalue weighted by Crippen LogP contribution is 2.13. The normalized spacial score (nSPS) is 19.6. The van der Waals surface area contributed by atoms with Crippen LogP contribution >= 0.6 is 11.3 Å². The average molecular weight is 282 g/mol. The van der Waals surface area contributed by atoms with Crippen molar-refractivity contribution in [2.75, 3.05) is 38.0 Å². The molecule has 1 aliphatic rings. The van der Waals surface area contributed by atoms with E-state index in [1.165, 1.54) is 24.2 Å². The second-order valence-corrected chi connectivity index (χ2v) is 5.82. The molecule has 2 heterocycles. The number of hydrogen-bond acceptors (Lipinski definition) is 5. The number of nitrogens with one attached hydrogen (secondary N) is 2. The first-order chi connectivity index (χ1) is 9.28. The van der Waals surface area contributed by atoms with Gasteiger partial charge in [-0.1, -0.05) is 6.92 Å². The number of anilines is 1. The molecular formula is C13H22N4OS. The van der Waals surface area contributed by atoms with Crippen molar-refractivity contribution in [2.24, 2.45) is 5.92 Å². The molecule has 0 saturated carbocycles. The summed E-state index contributed by atoms with van der Waals surface area (Å²) in [4.78, 5) is 18.2. The van der Waals surface area contributed by atoms with E-state index in [2.05, 4.69) is 27.4 Å². The summed E-state index contributed by atoms with van der Waals surface area (Å²) in [6, 6.07) is 0. The Morgan fingerprint density at radius 1 is 1.68 bits per heavy atom. The quantitative estimate of drug-likeness (QED) is 0.828. The van der Waals surface area contributed by atoms with Gasteiger partial charge in [-0.2, -0.15) is 0 Å². The molecule has 1 aromatic heterocycles. The van der Waals surface area contributed by atoms with Crippen molar-refractivity contribution in [3.05, 3.63) is 11.6 Å². The molecule has 1 unspecified atom stereocenters. The minimum absolute atomic E-state index is 0.0283. The first-order valence-corrected chi connectivity index (χ1v) is 7.78. The van der Waals surface area contributed by atoms with Crippen molar-refractivity contribution < 1.29 is 4.79 Å². The van der Waals surface area contributed by atoms with E-state index in [-0.39, 0.29) is 5.91 Å². The molecule has 0 bridgehead atoms. The standard InChI is InChI=1S/C13H22N4OS/c1-2-17(9-11-4-3-5-14-8-11)10-12(18)16-13-15-6-7-19-13/h6-7,11,14H,2-5,8-10H2,1H3,(H,15,16,18). The number of rotatable bonds is 6. The van der Waals surface area contributed by atoms with Gasteiger partial charge in [-0.05, 0) is 38.4 Å². The molecule has 5 nitrogen and oxygen atoms in total. The van der Waals surface area contributed by atoms with Crippen molar-refractivity contribution in [2.45, 2.75) is 19.8 Å². The second-order valence-electron chi connectivity index (χ2n) is 4.93. The Balaban J connectivity index is 1.76. The number of nitrogens with zero attached hydrogens (tertiary/aromatic N) is 2. The van der Waals surface area contributed by atoms with Crippen LogP contribution in [0.3, 0.4) is 0 Å². The van der Waals surface area contributed by atoms with Crippen LogP contribution in [-0.4, -0.2) is 48.5 Å². The maximum Gasteiger partial charge on any atom is 0.240 e. The summed E-state index contributed by atoms with van der Waals surface area (Å²) in [5, 5.41) is 8.80. The molecule has 6 heteroatoms. The van der Waals surface area contributed by atoms with Gasteiger partial charge < -0.3 is 10.6 Å². The third kappa shape index (κ3) is 4.89. The lowest BCUT2D eigenvalue weighted by Crippen LogP contribution is -2.41. The van der Waals surface area contributed by atoms with E-state index in [1.807, 2.05) is 5.38 Å². The minimum atomic E-state index is 0.0283. The van der Waals surface area contributed by atoms with Crippen molar-refractivity contribution in [3.8, 4) is 0 Å². The molecule has 0 spiro atoms. The molecule has 2 rings (SSSR count). The van der Waals surface area contributed by atoms with Crippen molar-refractivity contribution in [1.82, 2.24) is 15.2 Å². The second kappa shape index (κ2) is 7.57. The van der Waals surface area contributed by atoms with Crippen LogP contribution in [0.1, 0.15) is 19.8 Å². The van der Waals surface area contributed by atoms with Crippen LogP contribution in [-0.2, 0) is 4.79 Å². The molecular weight excluding hydrogens is 260 g/mol. The summed E-state index contributed by atoms with van der Waals surface area (Å²) in [6.45, 7) is 6.66. The summed E-state index contributed by atoms with van der Waals surface area (Å²) in [5.41, 5.74) is 0. The first-order valence-electron chi connectivity index (χ1n) is 6.90. The number of likely N-dealkylation sites (N-methyl/N-ethyl adjacent to an activating group) is 1. The van der Waals surface area contributed by atoms with Gasteiger partial charge in [0.15, 0.2) is 5.13 Å². The Labute approximate surface area is 118 Å². The predicted octanol–water partition coefficient (Wildman–Crippen LogP) is 1.40. The average Bonchev–Trinajstić information content (AvgIpc) is 2.92.